The van der Waals surface area contributed by atoms with Crippen LogP contribution in [-0.4, -0.2) is 23.3 Å². The van der Waals surface area contributed by atoms with Crippen molar-refractivity contribution in [3.8, 4) is 0 Å². The molecule has 0 aromatic heterocycles. The van der Waals surface area contributed by atoms with E-state index < -0.39 is 24.7 Å². The number of nitrogens with zero attached hydrogens (tertiary/aromatic N) is 3. The van der Waals surface area contributed by atoms with E-state index in [1.54, 1.807) is 18.2 Å². The maximum Gasteiger partial charge on any atom is 0.270 e. The van der Waals surface area contributed by atoms with Gasteiger partial charge in [0.1, 0.15) is 0 Å². The van der Waals surface area contributed by atoms with E-state index >= 15 is 0 Å². The zero-order chi connectivity index (χ0) is 21.7. The van der Waals surface area contributed by atoms with Crippen LogP contribution in [0.1, 0.15) is 5.56 Å². The van der Waals surface area contributed by atoms with Crippen molar-refractivity contribution in [3.63, 3.8) is 0 Å². The van der Waals surface area contributed by atoms with Crippen molar-refractivity contribution in [2.24, 2.45) is 5.10 Å². The van der Waals surface area contributed by atoms with Crippen molar-refractivity contribution in [1.29, 1.82) is 0 Å². The highest BCUT2D eigenvalue weighted by molar-refractivity contribution is 8.07. The first-order chi connectivity index (χ1) is 14.3. The third-order valence-electron chi connectivity index (χ3n) is 3.98. The summed E-state index contributed by atoms with van der Waals surface area (Å²) >= 11 is 0. The van der Waals surface area contributed by atoms with E-state index in [9.17, 15) is 28.6 Å². The third-order valence-corrected chi connectivity index (χ3v) is 5.71. The second-order valence-electron chi connectivity index (χ2n) is 5.96. The average Bonchev–Trinajstić information content (AvgIpc) is 2.75. The number of benzene rings is 3. The summed E-state index contributed by atoms with van der Waals surface area (Å²) in [5.74, 6) is 0. The Kier molecular flexibility index (Phi) is 5.83. The van der Waals surface area contributed by atoms with Crippen molar-refractivity contribution in [2.75, 3.05) is 5.43 Å². The number of anilines is 1. The monoisotopic (exact) mass is 426 g/mol. The van der Waals surface area contributed by atoms with Crippen LogP contribution in [0.15, 0.2) is 88.9 Å². The molecule has 0 saturated carbocycles. The van der Waals surface area contributed by atoms with Gasteiger partial charge >= 0.3 is 0 Å². The van der Waals surface area contributed by atoms with Crippen LogP contribution >= 0.6 is 0 Å². The summed E-state index contributed by atoms with van der Waals surface area (Å²) < 4.78 is 26.3. The van der Waals surface area contributed by atoms with Gasteiger partial charge in [-0.15, -0.1) is 0 Å². The Morgan fingerprint density at radius 3 is 2.03 bits per heavy atom. The van der Waals surface area contributed by atoms with Crippen molar-refractivity contribution < 1.29 is 18.3 Å². The third kappa shape index (κ3) is 4.47. The summed E-state index contributed by atoms with van der Waals surface area (Å²) in [5.41, 5.74) is 2.43. The molecule has 0 aliphatic rings. The largest absolute Gasteiger partial charge is 0.277 e. The second-order valence-corrected chi connectivity index (χ2v) is 7.82. The number of rotatable bonds is 6. The van der Waals surface area contributed by atoms with Gasteiger partial charge in [0.15, 0.2) is 5.04 Å². The Balaban J connectivity index is 2.07. The van der Waals surface area contributed by atoms with Gasteiger partial charge in [-0.3, -0.25) is 25.7 Å². The standard InChI is InChI=1S/C19H14N4O6S/c24-22(25)16-11-9-15(10-12-16)20-21-19(14-5-4-6-17(13-14)23(26)27)30(28,29)18-7-2-1-3-8-18/h1-13,20H/b21-19+. The van der Waals surface area contributed by atoms with Gasteiger partial charge in [0.25, 0.3) is 11.4 Å². The Hall–Kier alpha value is -4.12. The van der Waals surface area contributed by atoms with E-state index in [1.807, 2.05) is 0 Å². The Morgan fingerprint density at radius 2 is 1.43 bits per heavy atom. The molecule has 11 heteroatoms. The minimum absolute atomic E-state index is 0.0162. The molecule has 0 unspecified atom stereocenters. The zero-order valence-corrected chi connectivity index (χ0v) is 16.0. The Morgan fingerprint density at radius 1 is 0.800 bits per heavy atom. The van der Waals surface area contributed by atoms with Crippen LogP contribution in [0.4, 0.5) is 17.1 Å². The van der Waals surface area contributed by atoms with Crippen LogP contribution in [0.5, 0.6) is 0 Å². The lowest BCUT2D eigenvalue weighted by Gasteiger charge is -2.10. The normalized spacial score (nSPS) is 11.7. The molecule has 0 atom stereocenters. The lowest BCUT2D eigenvalue weighted by molar-refractivity contribution is -0.385. The van der Waals surface area contributed by atoms with E-state index in [1.165, 1.54) is 54.6 Å². The van der Waals surface area contributed by atoms with Crippen LogP contribution in [0, 0.1) is 20.2 Å². The minimum atomic E-state index is -4.13. The Bertz CT molecular complexity index is 1230. The molecule has 0 fully saturated rings. The maximum absolute atomic E-state index is 13.1. The summed E-state index contributed by atoms with van der Waals surface area (Å²) in [5, 5.41) is 25.4. The van der Waals surface area contributed by atoms with Crippen molar-refractivity contribution >= 4 is 31.9 Å². The van der Waals surface area contributed by atoms with Crippen molar-refractivity contribution in [2.45, 2.75) is 4.90 Å². The fraction of sp³-hybridized carbons (Fsp3) is 0. The molecule has 1 N–H and O–H groups in total. The number of sulfone groups is 1. The molecule has 0 spiro atoms. The quantitative estimate of drug-likeness (QED) is 0.273. The number of hydrogen-bond donors (Lipinski definition) is 1. The predicted molar refractivity (Wildman–Crippen MR) is 110 cm³/mol. The topological polar surface area (TPSA) is 145 Å². The molecule has 0 aliphatic carbocycles. The smallest absolute Gasteiger partial charge is 0.270 e. The molecule has 3 rings (SSSR count). The average molecular weight is 426 g/mol. The summed E-state index contributed by atoms with van der Waals surface area (Å²) in [6.45, 7) is 0. The fourth-order valence-corrected chi connectivity index (χ4v) is 3.86. The highest BCUT2D eigenvalue weighted by Crippen LogP contribution is 2.22. The number of nitrogens with one attached hydrogen (secondary N) is 1. The lowest BCUT2D eigenvalue weighted by atomic mass is 10.2. The van der Waals surface area contributed by atoms with Gasteiger partial charge in [0.2, 0.25) is 9.84 Å². The molecular weight excluding hydrogens is 412 g/mol. The summed E-state index contributed by atoms with van der Waals surface area (Å²) in [6.07, 6.45) is 0. The molecule has 3 aromatic carbocycles. The van der Waals surface area contributed by atoms with E-state index in [0.29, 0.717) is 5.69 Å². The van der Waals surface area contributed by atoms with Crippen LogP contribution in [0.25, 0.3) is 0 Å². The molecule has 30 heavy (non-hydrogen) atoms. The maximum atomic E-state index is 13.1. The summed E-state index contributed by atoms with van der Waals surface area (Å²) in [4.78, 5) is 20.6. The van der Waals surface area contributed by atoms with Crippen LogP contribution in [0.2, 0.25) is 0 Å². The number of non-ortho nitro benzene ring substituents is 2. The van der Waals surface area contributed by atoms with Crippen molar-refractivity contribution in [3.05, 3.63) is 105 Å². The van der Waals surface area contributed by atoms with E-state index in [2.05, 4.69) is 10.5 Å². The zero-order valence-electron chi connectivity index (χ0n) is 15.2. The van der Waals surface area contributed by atoms with Gasteiger partial charge in [0.05, 0.1) is 20.4 Å². The number of nitro benzene ring substituents is 2. The number of hydrazone groups is 1. The first kappa shape index (κ1) is 20.6. The second kappa shape index (κ2) is 8.49. The van der Waals surface area contributed by atoms with Crippen molar-refractivity contribution in [1.82, 2.24) is 0 Å². The summed E-state index contributed by atoms with van der Waals surface area (Å²) in [6, 6.07) is 17.8. The van der Waals surface area contributed by atoms with E-state index in [-0.39, 0.29) is 21.8 Å². The van der Waals surface area contributed by atoms with Crippen LogP contribution in [-0.2, 0) is 9.84 Å². The highest BCUT2D eigenvalue weighted by Gasteiger charge is 2.26. The molecule has 0 radical (unpaired) electrons. The van der Waals surface area contributed by atoms with Gasteiger partial charge in [-0.2, -0.15) is 5.10 Å². The molecule has 10 nitrogen and oxygen atoms in total. The molecule has 0 heterocycles. The first-order valence-corrected chi connectivity index (χ1v) is 9.90. The van der Waals surface area contributed by atoms with Gasteiger partial charge in [0, 0.05) is 29.8 Å². The van der Waals surface area contributed by atoms with E-state index in [4.69, 9.17) is 0 Å². The molecule has 0 bridgehead atoms. The number of hydrogen-bond acceptors (Lipinski definition) is 8. The Labute approximate surface area is 170 Å². The summed E-state index contributed by atoms with van der Waals surface area (Å²) in [7, 11) is -4.13. The van der Waals surface area contributed by atoms with Gasteiger partial charge < -0.3 is 0 Å². The SMILES string of the molecule is O=[N+]([O-])c1ccc(N/N=C(\c2cccc([N+](=O)[O-])c2)S(=O)(=O)c2ccccc2)cc1. The number of nitro groups is 2. The molecule has 0 aliphatic heterocycles. The molecule has 152 valence electrons. The minimum Gasteiger partial charge on any atom is -0.277 e. The molecular formula is C19H14N4O6S. The lowest BCUT2D eigenvalue weighted by Crippen LogP contribution is -2.18. The molecule has 0 saturated heterocycles. The molecule has 0 amide bonds. The predicted octanol–water partition coefficient (Wildman–Crippen LogP) is 3.75. The highest BCUT2D eigenvalue weighted by atomic mass is 32.2. The van der Waals surface area contributed by atoms with Crippen LogP contribution < -0.4 is 5.43 Å². The first-order valence-electron chi connectivity index (χ1n) is 8.42. The van der Waals surface area contributed by atoms with E-state index in [0.717, 1.165) is 6.07 Å². The molecule has 3 aromatic rings. The fourth-order valence-electron chi connectivity index (χ4n) is 2.52. The van der Waals surface area contributed by atoms with Gasteiger partial charge in [-0.1, -0.05) is 30.3 Å². The van der Waals surface area contributed by atoms with Crippen LogP contribution in [0.3, 0.4) is 0 Å². The van der Waals surface area contributed by atoms with Gasteiger partial charge in [-0.05, 0) is 24.3 Å². The van der Waals surface area contributed by atoms with Gasteiger partial charge in [-0.25, -0.2) is 8.42 Å².